The molecule has 104 valence electrons. The first-order valence-electron chi connectivity index (χ1n) is 6.03. The summed E-state index contributed by atoms with van der Waals surface area (Å²) in [5.74, 6) is -0.369. The van der Waals surface area contributed by atoms with Gasteiger partial charge in [-0.3, -0.25) is 4.79 Å². The van der Waals surface area contributed by atoms with Gasteiger partial charge >= 0.3 is 0 Å². The lowest BCUT2D eigenvalue weighted by Gasteiger charge is -2.36. The van der Waals surface area contributed by atoms with Gasteiger partial charge in [-0.2, -0.15) is 0 Å². The first-order chi connectivity index (χ1) is 9.08. The summed E-state index contributed by atoms with van der Waals surface area (Å²) in [6, 6.07) is 4.90. The number of halogens is 2. The molecule has 0 bridgehead atoms. The van der Waals surface area contributed by atoms with Crippen LogP contribution < -0.4 is 5.32 Å². The van der Waals surface area contributed by atoms with E-state index in [1.54, 1.807) is 18.2 Å². The Kier molecular flexibility index (Phi) is 4.68. The minimum absolute atomic E-state index is 0.135. The lowest BCUT2D eigenvalue weighted by Crippen LogP contribution is -2.54. The number of nitrogens with one attached hydrogen (secondary N) is 1. The zero-order chi connectivity index (χ0) is 13.9. The molecule has 4 nitrogen and oxygen atoms in total. The normalized spacial score (nSPS) is 18.1. The maximum Gasteiger partial charge on any atom is 0.254 e. The van der Waals surface area contributed by atoms with Gasteiger partial charge in [0.25, 0.3) is 5.91 Å². The maximum absolute atomic E-state index is 12.3. The lowest BCUT2D eigenvalue weighted by molar-refractivity contribution is 0.0125. The summed E-state index contributed by atoms with van der Waals surface area (Å²) in [6.45, 7) is 0.887. The van der Waals surface area contributed by atoms with Crippen molar-refractivity contribution in [3.8, 4) is 0 Å². The predicted octanol–water partition coefficient (Wildman–Crippen LogP) is 2.26. The molecule has 1 fully saturated rings. The van der Waals surface area contributed by atoms with Crippen molar-refractivity contribution in [3.63, 3.8) is 0 Å². The Hall–Kier alpha value is -0.810. The molecular formula is C13H15Cl2NO3. The molecule has 1 heterocycles. The van der Waals surface area contributed by atoms with Crippen molar-refractivity contribution in [1.82, 2.24) is 5.32 Å². The van der Waals surface area contributed by atoms with E-state index in [9.17, 15) is 9.90 Å². The van der Waals surface area contributed by atoms with Crippen LogP contribution in [-0.2, 0) is 4.74 Å². The standard InChI is InChI=1S/C13H15Cl2NO3/c14-9-2-1-3-10(15)11(9)12(18)16-13(8-17)4-6-19-7-5-13/h1-3,17H,4-8H2,(H,16,18). The number of rotatable bonds is 3. The highest BCUT2D eigenvalue weighted by Gasteiger charge is 2.34. The summed E-state index contributed by atoms with van der Waals surface area (Å²) in [6.07, 6.45) is 1.13. The van der Waals surface area contributed by atoms with E-state index in [1.165, 1.54) is 0 Å². The second kappa shape index (κ2) is 6.09. The van der Waals surface area contributed by atoms with Gasteiger partial charge in [0.05, 0.1) is 27.8 Å². The maximum atomic E-state index is 12.3. The Labute approximate surface area is 121 Å². The zero-order valence-corrected chi connectivity index (χ0v) is 11.8. The molecule has 0 unspecified atom stereocenters. The van der Waals surface area contributed by atoms with Crippen LogP contribution in [0.5, 0.6) is 0 Å². The number of ether oxygens (including phenoxy) is 1. The third-order valence-corrected chi connectivity index (χ3v) is 3.95. The van der Waals surface area contributed by atoms with Crippen LogP contribution in [0.4, 0.5) is 0 Å². The molecule has 2 N–H and O–H groups in total. The highest BCUT2D eigenvalue weighted by molar-refractivity contribution is 6.39. The second-order valence-electron chi connectivity index (χ2n) is 4.60. The third kappa shape index (κ3) is 3.20. The number of aliphatic hydroxyl groups excluding tert-OH is 1. The summed E-state index contributed by atoms with van der Waals surface area (Å²) >= 11 is 12.0. The van der Waals surface area contributed by atoms with Gasteiger partial charge in [-0.05, 0) is 25.0 Å². The molecule has 0 spiro atoms. The van der Waals surface area contributed by atoms with Gasteiger partial charge < -0.3 is 15.2 Å². The van der Waals surface area contributed by atoms with Crippen molar-refractivity contribution in [1.29, 1.82) is 0 Å². The van der Waals surface area contributed by atoms with Crippen LogP contribution in [-0.4, -0.2) is 36.4 Å². The van der Waals surface area contributed by atoms with E-state index in [-0.39, 0.29) is 18.1 Å². The first-order valence-corrected chi connectivity index (χ1v) is 6.79. The van der Waals surface area contributed by atoms with Crippen LogP contribution in [0.25, 0.3) is 0 Å². The van der Waals surface area contributed by atoms with Crippen LogP contribution in [0.3, 0.4) is 0 Å². The number of amides is 1. The van der Waals surface area contributed by atoms with E-state index in [0.717, 1.165) is 0 Å². The molecule has 6 heteroatoms. The Morgan fingerprint density at radius 3 is 2.42 bits per heavy atom. The van der Waals surface area contributed by atoms with Gasteiger partial charge in [0.15, 0.2) is 0 Å². The molecule has 0 aromatic heterocycles. The molecule has 1 amide bonds. The fraction of sp³-hybridized carbons (Fsp3) is 0.462. The summed E-state index contributed by atoms with van der Waals surface area (Å²) in [7, 11) is 0. The molecule has 19 heavy (non-hydrogen) atoms. The number of benzene rings is 1. The monoisotopic (exact) mass is 303 g/mol. The smallest absolute Gasteiger partial charge is 0.254 e. The fourth-order valence-corrected chi connectivity index (χ4v) is 2.67. The summed E-state index contributed by atoms with van der Waals surface area (Å²) in [5, 5.41) is 13.0. The number of hydrogen-bond acceptors (Lipinski definition) is 3. The molecule has 0 radical (unpaired) electrons. The molecule has 1 aromatic carbocycles. The SMILES string of the molecule is O=C(NC1(CO)CCOCC1)c1c(Cl)cccc1Cl. The summed E-state index contributed by atoms with van der Waals surface area (Å²) in [4.78, 5) is 12.3. The minimum Gasteiger partial charge on any atom is -0.394 e. The number of carbonyl (C=O) groups excluding carboxylic acids is 1. The Bertz CT molecular complexity index is 453. The van der Waals surface area contributed by atoms with E-state index < -0.39 is 5.54 Å². The van der Waals surface area contributed by atoms with Gasteiger partial charge in [-0.15, -0.1) is 0 Å². The lowest BCUT2D eigenvalue weighted by atomic mass is 9.90. The Balaban J connectivity index is 2.20. The van der Waals surface area contributed by atoms with Crippen molar-refractivity contribution >= 4 is 29.1 Å². The molecule has 0 aliphatic carbocycles. The quantitative estimate of drug-likeness (QED) is 0.900. The van der Waals surface area contributed by atoms with E-state index in [1.807, 2.05) is 0 Å². The number of carbonyl (C=O) groups is 1. The van der Waals surface area contributed by atoms with E-state index >= 15 is 0 Å². The highest BCUT2D eigenvalue weighted by Crippen LogP contribution is 2.26. The van der Waals surface area contributed by atoms with Crippen molar-refractivity contribution in [2.45, 2.75) is 18.4 Å². The summed E-state index contributed by atoms with van der Waals surface area (Å²) < 4.78 is 5.25. The molecule has 1 aliphatic heterocycles. The van der Waals surface area contributed by atoms with Gasteiger partial charge in [-0.25, -0.2) is 0 Å². The van der Waals surface area contributed by atoms with Gasteiger partial charge in [0.2, 0.25) is 0 Å². The predicted molar refractivity (Wildman–Crippen MR) is 73.8 cm³/mol. The van der Waals surface area contributed by atoms with Crippen LogP contribution in [0.2, 0.25) is 10.0 Å². The molecular weight excluding hydrogens is 289 g/mol. The fourth-order valence-electron chi connectivity index (χ4n) is 2.10. The van der Waals surface area contributed by atoms with Crippen molar-refractivity contribution in [2.24, 2.45) is 0 Å². The zero-order valence-electron chi connectivity index (χ0n) is 10.3. The van der Waals surface area contributed by atoms with Crippen LogP contribution in [0.15, 0.2) is 18.2 Å². The van der Waals surface area contributed by atoms with Crippen molar-refractivity contribution in [2.75, 3.05) is 19.8 Å². The van der Waals surface area contributed by atoms with Crippen molar-refractivity contribution in [3.05, 3.63) is 33.8 Å². The average Bonchev–Trinajstić information content (AvgIpc) is 2.39. The third-order valence-electron chi connectivity index (χ3n) is 3.32. The Morgan fingerprint density at radius 1 is 1.32 bits per heavy atom. The summed E-state index contributed by atoms with van der Waals surface area (Å²) in [5.41, 5.74) is -0.414. The van der Waals surface area contributed by atoms with Crippen LogP contribution in [0.1, 0.15) is 23.2 Å². The Morgan fingerprint density at radius 2 is 1.89 bits per heavy atom. The number of aliphatic hydroxyl groups is 1. The molecule has 1 saturated heterocycles. The first kappa shape index (κ1) is 14.6. The molecule has 0 atom stereocenters. The molecule has 2 rings (SSSR count). The van der Waals surface area contributed by atoms with Gasteiger partial charge in [0, 0.05) is 13.2 Å². The second-order valence-corrected chi connectivity index (χ2v) is 5.42. The average molecular weight is 304 g/mol. The molecule has 0 saturated carbocycles. The topological polar surface area (TPSA) is 58.6 Å². The highest BCUT2D eigenvalue weighted by atomic mass is 35.5. The minimum atomic E-state index is -0.655. The molecule has 1 aromatic rings. The molecule has 1 aliphatic rings. The van der Waals surface area contributed by atoms with E-state index in [4.69, 9.17) is 27.9 Å². The van der Waals surface area contributed by atoms with E-state index in [0.29, 0.717) is 36.1 Å². The van der Waals surface area contributed by atoms with Crippen LogP contribution in [0, 0.1) is 0 Å². The van der Waals surface area contributed by atoms with Crippen molar-refractivity contribution < 1.29 is 14.6 Å². The number of hydrogen-bond donors (Lipinski definition) is 2. The van der Waals surface area contributed by atoms with E-state index in [2.05, 4.69) is 5.32 Å². The van der Waals surface area contributed by atoms with Crippen LogP contribution >= 0.6 is 23.2 Å². The van der Waals surface area contributed by atoms with Gasteiger partial charge in [-0.1, -0.05) is 29.3 Å². The van der Waals surface area contributed by atoms with Gasteiger partial charge in [0.1, 0.15) is 0 Å². The largest absolute Gasteiger partial charge is 0.394 e.